The van der Waals surface area contributed by atoms with E-state index < -0.39 is 0 Å². The number of amides is 2. The van der Waals surface area contributed by atoms with Crippen molar-refractivity contribution in [1.29, 1.82) is 5.26 Å². The highest BCUT2D eigenvalue weighted by molar-refractivity contribution is 6.36. The van der Waals surface area contributed by atoms with Crippen molar-refractivity contribution in [1.82, 2.24) is 4.57 Å². The molecule has 9 rings (SSSR count). The van der Waals surface area contributed by atoms with E-state index in [1.165, 1.54) is 4.90 Å². The van der Waals surface area contributed by atoms with E-state index in [0.717, 1.165) is 55.2 Å². The summed E-state index contributed by atoms with van der Waals surface area (Å²) in [7, 11) is 0. The highest BCUT2D eigenvalue weighted by atomic mass is 16.2. The van der Waals surface area contributed by atoms with E-state index in [-0.39, 0.29) is 11.8 Å². The minimum Gasteiger partial charge on any atom is -0.308 e. The van der Waals surface area contributed by atoms with Crippen LogP contribution in [0.4, 0.5) is 5.69 Å². The molecule has 50 heavy (non-hydrogen) atoms. The molecule has 0 N–H and O–H groups in total. The van der Waals surface area contributed by atoms with Crippen LogP contribution in [0.25, 0.3) is 60.9 Å². The zero-order chi connectivity index (χ0) is 33.8. The Hall–Kier alpha value is -7.03. The lowest BCUT2D eigenvalue weighted by molar-refractivity contribution is 0.0926. The van der Waals surface area contributed by atoms with Gasteiger partial charge in [-0.2, -0.15) is 5.26 Å². The van der Waals surface area contributed by atoms with E-state index in [4.69, 9.17) is 0 Å². The van der Waals surface area contributed by atoms with Gasteiger partial charge in [-0.3, -0.25) is 9.59 Å². The molecule has 0 radical (unpaired) electrons. The summed E-state index contributed by atoms with van der Waals surface area (Å²) in [5, 5.41) is 11.4. The molecule has 2 amide bonds. The van der Waals surface area contributed by atoms with Crippen LogP contribution in [0.2, 0.25) is 0 Å². The average molecular weight is 642 g/mol. The van der Waals surface area contributed by atoms with Crippen LogP contribution in [0.15, 0.2) is 164 Å². The lowest BCUT2D eigenvalue weighted by atomic mass is 9.97. The lowest BCUT2D eigenvalue weighted by Crippen LogP contribution is -2.30. The lowest BCUT2D eigenvalue weighted by Gasteiger charge is -2.20. The van der Waals surface area contributed by atoms with Crippen LogP contribution in [0.3, 0.4) is 0 Å². The van der Waals surface area contributed by atoms with E-state index in [1.807, 2.05) is 115 Å². The Balaban J connectivity index is 1.23. The van der Waals surface area contributed by atoms with Crippen molar-refractivity contribution in [2.24, 2.45) is 0 Å². The number of hydrogen-bond acceptors (Lipinski definition) is 3. The number of imide groups is 1. The van der Waals surface area contributed by atoms with E-state index in [1.54, 1.807) is 6.07 Å². The van der Waals surface area contributed by atoms with Gasteiger partial charge in [-0.15, -0.1) is 0 Å². The van der Waals surface area contributed by atoms with Gasteiger partial charge >= 0.3 is 0 Å². The standard InChI is InChI=1S/C45H27N3O2/c46-28-29-18-20-31(21-19-29)34-22-24-36-35-14-7-8-16-39(35)47(42(36)27-34)41-17-9-15-37-43(41)45(50)48(44(37)49)40-25-23-33(30-10-3-1-4-11-30)26-38(40)32-12-5-2-6-13-32/h1-27H. The smallest absolute Gasteiger partial charge is 0.268 e. The maximum Gasteiger partial charge on any atom is 0.268 e. The first-order chi connectivity index (χ1) is 24.6. The van der Waals surface area contributed by atoms with Gasteiger partial charge in [-0.05, 0) is 76.3 Å². The monoisotopic (exact) mass is 641 g/mol. The first kappa shape index (κ1) is 29.1. The normalized spacial score (nSPS) is 12.4. The van der Waals surface area contributed by atoms with Crippen molar-refractivity contribution in [2.75, 3.05) is 4.90 Å². The number of fused-ring (bicyclic) bond motifs is 4. The Morgan fingerprint density at radius 1 is 0.440 bits per heavy atom. The van der Waals surface area contributed by atoms with Gasteiger partial charge < -0.3 is 4.57 Å². The van der Waals surface area contributed by atoms with Crippen molar-refractivity contribution in [2.45, 2.75) is 0 Å². The molecule has 0 atom stereocenters. The second kappa shape index (κ2) is 11.6. The number of carbonyl (C=O) groups excluding carboxylic acids is 2. The summed E-state index contributed by atoms with van der Waals surface area (Å²) in [5.74, 6) is -0.713. The van der Waals surface area contributed by atoms with Crippen LogP contribution >= 0.6 is 0 Å². The number of hydrogen-bond donors (Lipinski definition) is 0. The third kappa shape index (κ3) is 4.55. The molecule has 0 spiro atoms. The number of nitriles is 1. The van der Waals surface area contributed by atoms with Gasteiger partial charge in [0.05, 0.1) is 45.2 Å². The average Bonchev–Trinajstić information content (AvgIpc) is 3.65. The van der Waals surface area contributed by atoms with Gasteiger partial charge in [0.15, 0.2) is 0 Å². The highest BCUT2D eigenvalue weighted by Crippen LogP contribution is 2.42. The fraction of sp³-hybridized carbons (Fsp3) is 0. The second-order valence-corrected chi connectivity index (χ2v) is 12.4. The first-order valence-electron chi connectivity index (χ1n) is 16.4. The summed E-state index contributed by atoms with van der Waals surface area (Å²) < 4.78 is 2.10. The van der Waals surface area contributed by atoms with E-state index in [2.05, 4.69) is 53.1 Å². The Labute approximate surface area is 288 Å². The molecular formula is C45H27N3O2. The predicted octanol–water partition coefficient (Wildman–Crippen LogP) is 10.5. The predicted molar refractivity (Wildman–Crippen MR) is 199 cm³/mol. The first-order valence-corrected chi connectivity index (χ1v) is 16.4. The number of rotatable bonds is 5. The molecule has 5 heteroatoms. The zero-order valence-corrected chi connectivity index (χ0v) is 26.7. The van der Waals surface area contributed by atoms with Crippen LogP contribution in [0.1, 0.15) is 26.3 Å². The Morgan fingerprint density at radius 3 is 1.82 bits per heavy atom. The van der Waals surface area contributed by atoms with Crippen LogP contribution in [-0.4, -0.2) is 16.4 Å². The van der Waals surface area contributed by atoms with Gasteiger partial charge in [0.2, 0.25) is 0 Å². The molecule has 0 fully saturated rings. The van der Waals surface area contributed by atoms with E-state index in [9.17, 15) is 14.9 Å². The summed E-state index contributed by atoms with van der Waals surface area (Å²) in [6.45, 7) is 0. The number of aromatic nitrogens is 1. The van der Waals surface area contributed by atoms with Gasteiger partial charge in [0, 0.05) is 16.3 Å². The number of nitrogens with zero attached hydrogens (tertiary/aromatic N) is 3. The van der Waals surface area contributed by atoms with Crippen LogP contribution in [0, 0.1) is 11.3 Å². The third-order valence-corrected chi connectivity index (χ3v) is 9.58. The molecule has 7 aromatic carbocycles. The molecule has 1 aliphatic heterocycles. The van der Waals surface area contributed by atoms with Gasteiger partial charge in [0.25, 0.3) is 11.8 Å². The van der Waals surface area contributed by atoms with Gasteiger partial charge in [-0.1, -0.05) is 115 Å². The molecule has 5 nitrogen and oxygen atoms in total. The topological polar surface area (TPSA) is 66.1 Å². The Kier molecular flexibility index (Phi) is 6.75. The molecule has 0 bridgehead atoms. The molecule has 8 aromatic rings. The molecule has 2 heterocycles. The minimum atomic E-state index is -0.362. The van der Waals surface area contributed by atoms with Crippen LogP contribution in [0.5, 0.6) is 0 Å². The van der Waals surface area contributed by atoms with Crippen molar-refractivity contribution < 1.29 is 9.59 Å². The van der Waals surface area contributed by atoms with Crippen molar-refractivity contribution in [3.8, 4) is 45.1 Å². The van der Waals surface area contributed by atoms with Crippen molar-refractivity contribution in [3.05, 3.63) is 180 Å². The highest BCUT2D eigenvalue weighted by Gasteiger charge is 2.40. The van der Waals surface area contributed by atoms with E-state index in [0.29, 0.717) is 28.1 Å². The molecule has 1 aliphatic rings. The molecule has 1 aromatic heterocycles. The number of benzene rings is 7. The number of anilines is 1. The molecular weight excluding hydrogens is 615 g/mol. The Bertz CT molecular complexity index is 2690. The molecule has 0 saturated heterocycles. The van der Waals surface area contributed by atoms with Crippen LogP contribution in [-0.2, 0) is 0 Å². The van der Waals surface area contributed by atoms with Gasteiger partial charge in [0.1, 0.15) is 0 Å². The third-order valence-electron chi connectivity index (χ3n) is 9.58. The fourth-order valence-corrected chi connectivity index (χ4v) is 7.21. The molecule has 0 aliphatic carbocycles. The molecule has 234 valence electrons. The SMILES string of the molecule is N#Cc1ccc(-c2ccc3c4ccccc4n(-c4cccc5c4C(=O)N(c4ccc(-c6ccccc6)cc4-c4ccccc4)C5=O)c3c2)cc1. The fourth-order valence-electron chi connectivity index (χ4n) is 7.21. The molecule has 0 saturated carbocycles. The van der Waals surface area contributed by atoms with Crippen LogP contribution < -0.4 is 4.90 Å². The maximum absolute atomic E-state index is 14.7. The summed E-state index contributed by atoms with van der Waals surface area (Å²) in [6, 6.07) is 55.5. The largest absolute Gasteiger partial charge is 0.308 e. The summed E-state index contributed by atoms with van der Waals surface area (Å²) in [4.78, 5) is 30.4. The van der Waals surface area contributed by atoms with Crippen molar-refractivity contribution in [3.63, 3.8) is 0 Å². The van der Waals surface area contributed by atoms with Gasteiger partial charge in [-0.25, -0.2) is 4.90 Å². The second-order valence-electron chi connectivity index (χ2n) is 12.4. The summed E-state index contributed by atoms with van der Waals surface area (Å²) in [6.07, 6.45) is 0. The summed E-state index contributed by atoms with van der Waals surface area (Å²) >= 11 is 0. The zero-order valence-electron chi connectivity index (χ0n) is 26.7. The van der Waals surface area contributed by atoms with E-state index >= 15 is 0 Å². The minimum absolute atomic E-state index is 0.351. The van der Waals surface area contributed by atoms with Crippen molar-refractivity contribution >= 4 is 39.3 Å². The molecule has 0 unspecified atom stereocenters. The maximum atomic E-state index is 14.7. The Morgan fingerprint density at radius 2 is 1.06 bits per heavy atom. The number of carbonyl (C=O) groups is 2. The number of para-hydroxylation sites is 1. The quantitative estimate of drug-likeness (QED) is 0.176. The summed E-state index contributed by atoms with van der Waals surface area (Å²) in [5.41, 5.74) is 10.1.